The predicted octanol–water partition coefficient (Wildman–Crippen LogP) is 3.34. The van der Waals surface area contributed by atoms with Gasteiger partial charge in [0, 0.05) is 47.6 Å². The molecule has 1 aliphatic heterocycles. The van der Waals surface area contributed by atoms with Crippen LogP contribution in [0.3, 0.4) is 0 Å². The van der Waals surface area contributed by atoms with Gasteiger partial charge < -0.3 is 9.47 Å². The van der Waals surface area contributed by atoms with Crippen molar-refractivity contribution in [1.29, 1.82) is 0 Å². The van der Waals surface area contributed by atoms with Gasteiger partial charge in [-0.1, -0.05) is 29.3 Å². The van der Waals surface area contributed by atoms with Gasteiger partial charge >= 0.3 is 0 Å². The molecule has 0 atom stereocenters. The number of aromatic nitrogens is 1. The molecule has 2 aromatic rings. The van der Waals surface area contributed by atoms with Gasteiger partial charge in [-0.2, -0.15) is 4.99 Å². The van der Waals surface area contributed by atoms with Gasteiger partial charge in [-0.25, -0.2) is 0 Å². The molecule has 0 unspecified atom stereocenters. The summed E-state index contributed by atoms with van der Waals surface area (Å²) in [6.45, 7) is 1.69. The minimum Gasteiger partial charge on any atom is -0.342 e. The van der Waals surface area contributed by atoms with E-state index in [0.717, 1.165) is 18.5 Å². The largest absolute Gasteiger partial charge is 0.342 e. The van der Waals surface area contributed by atoms with Gasteiger partial charge in [0.2, 0.25) is 11.8 Å². The molecule has 0 bridgehead atoms. The molecule has 25 heavy (non-hydrogen) atoms. The first-order valence-corrected chi connectivity index (χ1v) is 9.59. The van der Waals surface area contributed by atoms with Gasteiger partial charge in [0.15, 0.2) is 4.80 Å². The third kappa shape index (κ3) is 4.71. The molecule has 0 radical (unpaired) electrons. The Labute approximate surface area is 159 Å². The summed E-state index contributed by atoms with van der Waals surface area (Å²) >= 11 is 13.5. The van der Waals surface area contributed by atoms with E-state index in [4.69, 9.17) is 23.2 Å². The normalized spacial score (nSPS) is 15.2. The van der Waals surface area contributed by atoms with Crippen LogP contribution in [0, 0.1) is 0 Å². The van der Waals surface area contributed by atoms with Crippen molar-refractivity contribution in [3.05, 3.63) is 50.2 Å². The predicted molar refractivity (Wildman–Crippen MR) is 98.9 cm³/mol. The number of halogens is 2. The number of carbonyl (C=O) groups is 2. The monoisotopic (exact) mass is 397 g/mol. The summed E-state index contributed by atoms with van der Waals surface area (Å²) in [7, 11) is 0. The number of nitrogens with zero attached hydrogens (tertiary/aromatic N) is 3. The number of carbonyl (C=O) groups excluding carboxylic acids is 2. The zero-order chi connectivity index (χ0) is 17.8. The smallest absolute Gasteiger partial charge is 0.250 e. The summed E-state index contributed by atoms with van der Waals surface area (Å²) in [5, 5.41) is 3.04. The molecule has 2 heterocycles. The lowest BCUT2D eigenvalue weighted by Crippen LogP contribution is -2.27. The molecule has 0 saturated carbocycles. The van der Waals surface area contributed by atoms with E-state index in [1.165, 1.54) is 11.3 Å². The number of thiazole rings is 1. The molecule has 132 valence electrons. The number of benzene rings is 1. The molecule has 2 amide bonds. The molecule has 1 aliphatic rings. The van der Waals surface area contributed by atoms with Crippen LogP contribution < -0.4 is 4.80 Å². The summed E-state index contributed by atoms with van der Waals surface area (Å²) < 4.78 is 1.87. The molecule has 1 aromatic carbocycles. The van der Waals surface area contributed by atoms with Crippen LogP contribution in [0.25, 0.3) is 0 Å². The SMILES string of the molecule is O=C(CCN1CCCC1=O)N=c1sccn1Cc1ccc(Cl)cc1Cl. The summed E-state index contributed by atoms with van der Waals surface area (Å²) in [6, 6.07) is 5.34. The lowest BCUT2D eigenvalue weighted by Gasteiger charge is -2.13. The average Bonchev–Trinajstić information content (AvgIpc) is 3.17. The number of hydrogen-bond acceptors (Lipinski definition) is 3. The Hall–Kier alpha value is -1.63. The first-order valence-electron chi connectivity index (χ1n) is 7.96. The number of likely N-dealkylation sites (tertiary alicyclic amines) is 1. The van der Waals surface area contributed by atoms with E-state index in [0.29, 0.717) is 34.4 Å². The van der Waals surface area contributed by atoms with Crippen molar-refractivity contribution in [3.63, 3.8) is 0 Å². The fourth-order valence-corrected chi connectivity index (χ4v) is 3.89. The minimum atomic E-state index is -0.224. The van der Waals surface area contributed by atoms with Crippen molar-refractivity contribution in [1.82, 2.24) is 9.47 Å². The Morgan fingerprint density at radius 1 is 1.32 bits per heavy atom. The number of amides is 2. The average molecular weight is 398 g/mol. The van der Waals surface area contributed by atoms with Gasteiger partial charge in [-0.3, -0.25) is 9.59 Å². The first kappa shape index (κ1) is 18.2. The Morgan fingerprint density at radius 2 is 2.16 bits per heavy atom. The van der Waals surface area contributed by atoms with Crippen molar-refractivity contribution >= 4 is 46.4 Å². The van der Waals surface area contributed by atoms with Crippen LogP contribution in [0.15, 0.2) is 34.8 Å². The maximum absolute atomic E-state index is 12.1. The first-order chi connectivity index (χ1) is 12.0. The van der Waals surface area contributed by atoms with Crippen LogP contribution >= 0.6 is 34.5 Å². The van der Waals surface area contributed by atoms with E-state index in [-0.39, 0.29) is 18.2 Å². The molecule has 1 saturated heterocycles. The van der Waals surface area contributed by atoms with Crippen LogP contribution in [0.1, 0.15) is 24.8 Å². The highest BCUT2D eigenvalue weighted by Gasteiger charge is 2.20. The van der Waals surface area contributed by atoms with E-state index >= 15 is 0 Å². The molecule has 0 N–H and O–H groups in total. The highest BCUT2D eigenvalue weighted by Crippen LogP contribution is 2.21. The quantitative estimate of drug-likeness (QED) is 0.776. The third-order valence-electron chi connectivity index (χ3n) is 4.00. The van der Waals surface area contributed by atoms with E-state index in [1.54, 1.807) is 17.0 Å². The van der Waals surface area contributed by atoms with Crippen LogP contribution in [0.5, 0.6) is 0 Å². The Morgan fingerprint density at radius 3 is 2.88 bits per heavy atom. The van der Waals surface area contributed by atoms with Gasteiger partial charge in [0.05, 0.1) is 6.54 Å². The van der Waals surface area contributed by atoms with Gasteiger partial charge in [0.1, 0.15) is 0 Å². The fourth-order valence-electron chi connectivity index (χ4n) is 2.67. The van der Waals surface area contributed by atoms with E-state index in [1.807, 2.05) is 22.2 Å². The van der Waals surface area contributed by atoms with Crippen molar-refractivity contribution in [2.45, 2.75) is 25.8 Å². The molecular formula is C17H17Cl2N3O2S. The second-order valence-corrected chi connectivity index (χ2v) is 7.51. The standard InChI is InChI=1S/C17H17Cl2N3O2S/c18-13-4-3-12(14(19)10-13)11-22-8-9-25-17(22)20-15(23)5-7-21-6-1-2-16(21)24/h3-4,8-10H,1-2,5-7,11H2. The molecule has 1 aromatic heterocycles. The van der Waals surface area contributed by atoms with Gasteiger partial charge in [-0.05, 0) is 24.1 Å². The van der Waals surface area contributed by atoms with Crippen molar-refractivity contribution in [2.24, 2.45) is 4.99 Å². The summed E-state index contributed by atoms with van der Waals surface area (Å²) in [6.07, 6.45) is 3.56. The minimum absolute atomic E-state index is 0.122. The molecule has 0 aliphatic carbocycles. The highest BCUT2D eigenvalue weighted by atomic mass is 35.5. The second-order valence-electron chi connectivity index (χ2n) is 5.79. The second kappa shape index (κ2) is 8.17. The zero-order valence-corrected chi connectivity index (χ0v) is 15.8. The van der Waals surface area contributed by atoms with Crippen molar-refractivity contribution in [2.75, 3.05) is 13.1 Å². The van der Waals surface area contributed by atoms with Crippen LogP contribution in [-0.4, -0.2) is 34.4 Å². The fraction of sp³-hybridized carbons (Fsp3) is 0.353. The molecule has 3 rings (SSSR count). The maximum atomic E-state index is 12.1. The Balaban J connectivity index is 1.68. The van der Waals surface area contributed by atoms with Crippen molar-refractivity contribution < 1.29 is 9.59 Å². The van der Waals surface area contributed by atoms with E-state index in [2.05, 4.69) is 4.99 Å². The van der Waals surface area contributed by atoms with E-state index in [9.17, 15) is 9.59 Å². The maximum Gasteiger partial charge on any atom is 0.250 e. The number of rotatable bonds is 5. The summed E-state index contributed by atoms with van der Waals surface area (Å²) in [5.41, 5.74) is 0.904. The molecule has 5 nitrogen and oxygen atoms in total. The molecular weight excluding hydrogens is 381 g/mol. The lowest BCUT2D eigenvalue weighted by atomic mass is 10.2. The van der Waals surface area contributed by atoms with Crippen LogP contribution in [0.2, 0.25) is 10.0 Å². The van der Waals surface area contributed by atoms with Crippen LogP contribution in [-0.2, 0) is 16.1 Å². The number of hydrogen-bond donors (Lipinski definition) is 0. The third-order valence-corrected chi connectivity index (χ3v) is 5.38. The molecule has 1 fully saturated rings. The van der Waals surface area contributed by atoms with Crippen molar-refractivity contribution in [3.8, 4) is 0 Å². The molecule has 8 heteroatoms. The summed E-state index contributed by atoms with van der Waals surface area (Å²) in [5.74, 6) is -0.102. The van der Waals surface area contributed by atoms with Crippen LogP contribution in [0.4, 0.5) is 0 Å². The molecule has 0 spiro atoms. The van der Waals surface area contributed by atoms with E-state index < -0.39 is 0 Å². The zero-order valence-electron chi connectivity index (χ0n) is 13.5. The Kier molecular flexibility index (Phi) is 5.93. The summed E-state index contributed by atoms with van der Waals surface area (Å²) in [4.78, 5) is 30.2. The highest BCUT2D eigenvalue weighted by molar-refractivity contribution is 7.07. The lowest BCUT2D eigenvalue weighted by molar-refractivity contribution is -0.128. The topological polar surface area (TPSA) is 54.7 Å². The Bertz CT molecular complexity index is 860. The van der Waals surface area contributed by atoms with Gasteiger partial charge in [-0.15, -0.1) is 11.3 Å². The van der Waals surface area contributed by atoms with Gasteiger partial charge in [0.25, 0.3) is 0 Å².